The summed E-state index contributed by atoms with van der Waals surface area (Å²) in [6, 6.07) is 11.8. The summed E-state index contributed by atoms with van der Waals surface area (Å²) in [4.78, 5) is 38.6. The highest BCUT2D eigenvalue weighted by atomic mass is 16.5. The number of barbiturate groups is 1. The van der Waals surface area contributed by atoms with E-state index in [1.807, 2.05) is 33.8 Å². The van der Waals surface area contributed by atoms with Gasteiger partial charge in [-0.2, -0.15) is 0 Å². The Hall–Kier alpha value is -3.41. The molecule has 0 aliphatic carbocycles. The second-order valence-electron chi connectivity index (χ2n) is 7.21. The van der Waals surface area contributed by atoms with E-state index in [-0.39, 0.29) is 11.7 Å². The van der Waals surface area contributed by atoms with E-state index >= 15 is 0 Å². The highest BCUT2D eigenvalue weighted by Crippen LogP contribution is 2.25. The molecule has 2 aromatic rings. The SMILES string of the molecule is CCC(C)Oc1ccc(C=C2C(=O)NC(=O)N(c3cc(C)cc(C)c3)C2=O)cc1. The molecular formula is C23H24N2O4. The van der Waals surface area contributed by atoms with Crippen molar-refractivity contribution in [3.05, 3.63) is 64.7 Å². The number of nitrogens with zero attached hydrogens (tertiary/aromatic N) is 1. The molecule has 1 heterocycles. The molecule has 150 valence electrons. The van der Waals surface area contributed by atoms with Gasteiger partial charge in [0.2, 0.25) is 0 Å². The van der Waals surface area contributed by atoms with Crippen molar-refractivity contribution in [2.45, 2.75) is 40.2 Å². The lowest BCUT2D eigenvalue weighted by atomic mass is 10.1. The average Bonchev–Trinajstić information content (AvgIpc) is 2.65. The highest BCUT2D eigenvalue weighted by Gasteiger charge is 2.36. The Morgan fingerprint density at radius 2 is 1.66 bits per heavy atom. The van der Waals surface area contributed by atoms with Gasteiger partial charge in [0.25, 0.3) is 11.8 Å². The van der Waals surface area contributed by atoms with Crippen LogP contribution >= 0.6 is 0 Å². The van der Waals surface area contributed by atoms with Crippen LogP contribution in [0.3, 0.4) is 0 Å². The van der Waals surface area contributed by atoms with Gasteiger partial charge in [0, 0.05) is 0 Å². The second-order valence-corrected chi connectivity index (χ2v) is 7.21. The lowest BCUT2D eigenvalue weighted by Crippen LogP contribution is -2.54. The number of ether oxygens (including phenoxy) is 1. The van der Waals surface area contributed by atoms with Crippen LogP contribution in [0.5, 0.6) is 5.75 Å². The summed E-state index contributed by atoms with van der Waals surface area (Å²) >= 11 is 0. The summed E-state index contributed by atoms with van der Waals surface area (Å²) in [5.41, 5.74) is 2.83. The molecule has 2 aromatic carbocycles. The molecule has 1 atom stereocenters. The van der Waals surface area contributed by atoms with Gasteiger partial charge in [-0.1, -0.05) is 25.1 Å². The lowest BCUT2D eigenvalue weighted by Gasteiger charge is -2.27. The Labute approximate surface area is 170 Å². The molecule has 29 heavy (non-hydrogen) atoms. The minimum absolute atomic E-state index is 0.0978. The molecule has 1 aliphatic rings. The molecule has 3 rings (SSSR count). The molecule has 1 unspecified atom stereocenters. The molecule has 1 N–H and O–H groups in total. The van der Waals surface area contributed by atoms with Crippen LogP contribution in [-0.2, 0) is 9.59 Å². The van der Waals surface area contributed by atoms with E-state index in [9.17, 15) is 14.4 Å². The smallest absolute Gasteiger partial charge is 0.335 e. The van der Waals surface area contributed by atoms with E-state index in [0.717, 1.165) is 22.4 Å². The zero-order valence-corrected chi connectivity index (χ0v) is 17.0. The number of aryl methyl sites for hydroxylation is 2. The number of hydrogen-bond donors (Lipinski definition) is 1. The van der Waals surface area contributed by atoms with Crippen molar-refractivity contribution in [2.75, 3.05) is 4.90 Å². The van der Waals surface area contributed by atoms with Crippen molar-refractivity contribution in [3.8, 4) is 5.75 Å². The average molecular weight is 392 g/mol. The number of urea groups is 1. The zero-order valence-electron chi connectivity index (χ0n) is 17.0. The van der Waals surface area contributed by atoms with Crippen molar-refractivity contribution < 1.29 is 19.1 Å². The van der Waals surface area contributed by atoms with Gasteiger partial charge in [-0.25, -0.2) is 9.69 Å². The molecule has 0 saturated carbocycles. The summed E-state index contributed by atoms with van der Waals surface area (Å²) in [6.45, 7) is 7.79. The molecule has 0 spiro atoms. The number of anilines is 1. The van der Waals surface area contributed by atoms with E-state index < -0.39 is 17.8 Å². The third-order valence-electron chi connectivity index (χ3n) is 4.67. The van der Waals surface area contributed by atoms with Crippen LogP contribution in [0.25, 0.3) is 6.08 Å². The number of carbonyl (C=O) groups is 3. The molecule has 1 saturated heterocycles. The number of carbonyl (C=O) groups excluding carboxylic acids is 3. The summed E-state index contributed by atoms with van der Waals surface area (Å²) in [5, 5.41) is 2.25. The number of nitrogens with one attached hydrogen (secondary N) is 1. The number of benzene rings is 2. The normalized spacial score (nSPS) is 16.8. The third-order valence-corrected chi connectivity index (χ3v) is 4.67. The Balaban J connectivity index is 1.91. The fourth-order valence-corrected chi connectivity index (χ4v) is 3.10. The van der Waals surface area contributed by atoms with Gasteiger partial charge in [-0.3, -0.25) is 14.9 Å². The largest absolute Gasteiger partial charge is 0.491 e. The van der Waals surface area contributed by atoms with Crippen LogP contribution in [0.15, 0.2) is 48.0 Å². The predicted octanol–water partition coefficient (Wildman–Crippen LogP) is 4.15. The molecule has 1 aliphatic heterocycles. The van der Waals surface area contributed by atoms with Gasteiger partial charge in [0.1, 0.15) is 11.3 Å². The topological polar surface area (TPSA) is 75.7 Å². The molecule has 6 heteroatoms. The Kier molecular flexibility index (Phi) is 5.82. The molecule has 0 aromatic heterocycles. The van der Waals surface area contributed by atoms with Gasteiger partial charge >= 0.3 is 6.03 Å². The van der Waals surface area contributed by atoms with Crippen LogP contribution < -0.4 is 15.0 Å². The van der Waals surface area contributed by atoms with Crippen LogP contribution in [0.1, 0.15) is 37.0 Å². The van der Waals surface area contributed by atoms with E-state index in [1.165, 1.54) is 6.08 Å². The van der Waals surface area contributed by atoms with E-state index in [1.54, 1.807) is 36.4 Å². The van der Waals surface area contributed by atoms with Crippen molar-refractivity contribution in [3.63, 3.8) is 0 Å². The van der Waals surface area contributed by atoms with Gasteiger partial charge < -0.3 is 4.74 Å². The Morgan fingerprint density at radius 1 is 1.03 bits per heavy atom. The maximum atomic E-state index is 13.0. The van der Waals surface area contributed by atoms with Gasteiger partial charge in [-0.05, 0) is 74.2 Å². The van der Waals surface area contributed by atoms with Crippen molar-refractivity contribution >= 4 is 29.6 Å². The van der Waals surface area contributed by atoms with E-state index in [4.69, 9.17) is 4.74 Å². The molecule has 4 amide bonds. The first-order chi connectivity index (χ1) is 13.8. The fourth-order valence-electron chi connectivity index (χ4n) is 3.10. The van der Waals surface area contributed by atoms with E-state index in [0.29, 0.717) is 17.0 Å². The first-order valence-corrected chi connectivity index (χ1v) is 9.55. The molecule has 0 bridgehead atoms. The Morgan fingerprint density at radius 3 is 2.24 bits per heavy atom. The van der Waals surface area contributed by atoms with Gasteiger partial charge in [0.15, 0.2) is 0 Å². The van der Waals surface area contributed by atoms with Gasteiger partial charge in [0.05, 0.1) is 11.8 Å². The highest BCUT2D eigenvalue weighted by molar-refractivity contribution is 6.39. The molecule has 6 nitrogen and oxygen atoms in total. The molecule has 0 radical (unpaired) electrons. The number of amides is 4. The van der Waals surface area contributed by atoms with Crippen molar-refractivity contribution in [1.29, 1.82) is 0 Å². The van der Waals surface area contributed by atoms with Gasteiger partial charge in [-0.15, -0.1) is 0 Å². The second kappa shape index (κ2) is 8.31. The summed E-state index contributed by atoms with van der Waals surface area (Å²) in [5.74, 6) is -0.641. The standard InChI is InChI=1S/C23H24N2O4/c1-5-16(4)29-19-8-6-17(7-9-19)13-20-21(26)24-23(28)25(22(20)27)18-11-14(2)10-15(3)12-18/h6-13,16H,5H2,1-4H3,(H,24,26,28). The fraction of sp³-hybridized carbons (Fsp3) is 0.261. The van der Waals surface area contributed by atoms with Crippen LogP contribution in [0.4, 0.5) is 10.5 Å². The van der Waals surface area contributed by atoms with Crippen molar-refractivity contribution in [2.24, 2.45) is 0 Å². The minimum atomic E-state index is -0.751. The summed E-state index contributed by atoms with van der Waals surface area (Å²) < 4.78 is 5.74. The number of hydrogen-bond acceptors (Lipinski definition) is 4. The first-order valence-electron chi connectivity index (χ1n) is 9.55. The summed E-state index contributed by atoms with van der Waals surface area (Å²) in [7, 11) is 0. The quantitative estimate of drug-likeness (QED) is 0.613. The first kappa shape index (κ1) is 20.3. The van der Waals surface area contributed by atoms with E-state index in [2.05, 4.69) is 5.32 Å². The Bertz CT molecular complexity index is 972. The number of rotatable bonds is 5. The number of imide groups is 2. The third kappa shape index (κ3) is 4.54. The van der Waals surface area contributed by atoms with Crippen LogP contribution in [-0.4, -0.2) is 23.9 Å². The summed E-state index contributed by atoms with van der Waals surface area (Å²) in [6.07, 6.45) is 2.47. The minimum Gasteiger partial charge on any atom is -0.491 e. The molecular weight excluding hydrogens is 368 g/mol. The maximum Gasteiger partial charge on any atom is 0.335 e. The maximum absolute atomic E-state index is 13.0. The lowest BCUT2D eigenvalue weighted by molar-refractivity contribution is -0.122. The van der Waals surface area contributed by atoms with Crippen molar-refractivity contribution in [1.82, 2.24) is 5.32 Å². The monoisotopic (exact) mass is 392 g/mol. The predicted molar refractivity (Wildman–Crippen MR) is 112 cm³/mol. The zero-order chi connectivity index (χ0) is 21.1. The van der Waals surface area contributed by atoms with Crippen LogP contribution in [0.2, 0.25) is 0 Å². The molecule has 1 fully saturated rings. The van der Waals surface area contributed by atoms with Crippen LogP contribution in [0, 0.1) is 13.8 Å².